The van der Waals surface area contributed by atoms with Crippen LogP contribution in [0.5, 0.6) is 0 Å². The van der Waals surface area contributed by atoms with Gasteiger partial charge < -0.3 is 16.5 Å². The van der Waals surface area contributed by atoms with E-state index in [1.54, 1.807) is 0 Å². The van der Waals surface area contributed by atoms with Crippen LogP contribution in [-0.4, -0.2) is 30.8 Å². The molecule has 67 valence electrons. The van der Waals surface area contributed by atoms with Crippen LogP contribution in [0.15, 0.2) is 0 Å². The minimum atomic E-state index is -0.607. The van der Waals surface area contributed by atoms with Crippen LogP contribution in [0.3, 0.4) is 0 Å². The van der Waals surface area contributed by atoms with Crippen molar-refractivity contribution in [1.29, 1.82) is 0 Å². The Kier molecular flexibility index (Phi) is 12.1. The first-order valence-electron chi connectivity index (χ1n) is 3.93. The molecule has 0 aromatic rings. The molecular formula is C8H15BO2V. The Balaban J connectivity index is 0. The standard InChI is InChI=1S/C8H15BO2.V/c1-2-3-7(6-9)8(11)4-5-10;/h4,6-8,10-11H,2-3,5H2,1H3;/q-2;+2. The first kappa shape index (κ1) is 15.1. The summed E-state index contributed by atoms with van der Waals surface area (Å²) >= 11 is 0. The van der Waals surface area contributed by atoms with Crippen molar-refractivity contribution in [2.24, 2.45) is 5.92 Å². The van der Waals surface area contributed by atoms with Crippen molar-refractivity contribution in [2.45, 2.75) is 25.9 Å². The van der Waals surface area contributed by atoms with Gasteiger partial charge in [0.25, 0.3) is 0 Å². The smallest absolute Gasteiger partial charge is 0.428 e. The third-order valence-electron chi connectivity index (χ3n) is 1.65. The SMILES string of the molecule is [B][CH-]C(CCC)C(O)[CH-]CO.[V+2]. The van der Waals surface area contributed by atoms with Crippen molar-refractivity contribution in [3.63, 3.8) is 0 Å². The molecule has 0 aliphatic rings. The zero-order valence-corrected chi connectivity index (χ0v) is 8.75. The second kappa shape index (κ2) is 9.66. The first-order chi connectivity index (χ1) is 5.26. The van der Waals surface area contributed by atoms with Gasteiger partial charge in [-0.3, -0.25) is 6.42 Å². The van der Waals surface area contributed by atoms with E-state index in [4.69, 9.17) is 13.0 Å². The summed E-state index contributed by atoms with van der Waals surface area (Å²) in [6.45, 7) is 1.93. The first-order valence-corrected chi connectivity index (χ1v) is 3.93. The van der Waals surface area contributed by atoms with Gasteiger partial charge in [0, 0.05) is 0 Å². The third kappa shape index (κ3) is 6.13. The van der Waals surface area contributed by atoms with E-state index >= 15 is 0 Å². The predicted octanol–water partition coefficient (Wildman–Crippen LogP) is 0.288. The normalized spacial score (nSPS) is 14.9. The number of aliphatic hydroxyl groups excluding tert-OH is 2. The van der Waals surface area contributed by atoms with Gasteiger partial charge in [-0.05, 0) is 0 Å². The Morgan fingerprint density at radius 1 is 1.50 bits per heavy atom. The summed E-state index contributed by atoms with van der Waals surface area (Å²) in [6, 6.07) is 0. The zero-order chi connectivity index (χ0) is 8.69. The molecule has 3 radical (unpaired) electrons. The maximum absolute atomic E-state index is 9.31. The van der Waals surface area contributed by atoms with Crippen LogP contribution in [0.4, 0.5) is 0 Å². The molecule has 0 saturated carbocycles. The van der Waals surface area contributed by atoms with Crippen molar-refractivity contribution >= 4 is 7.85 Å². The molecule has 0 aromatic carbocycles. The van der Waals surface area contributed by atoms with Gasteiger partial charge in [0.05, 0.1) is 0 Å². The summed E-state index contributed by atoms with van der Waals surface area (Å²) in [6.07, 6.45) is 4.16. The molecule has 0 bridgehead atoms. The van der Waals surface area contributed by atoms with Crippen LogP contribution in [0.2, 0.25) is 0 Å². The molecular weight excluding hydrogens is 190 g/mol. The molecule has 0 aliphatic carbocycles. The summed E-state index contributed by atoms with van der Waals surface area (Å²) in [5.41, 5.74) is 0. The zero-order valence-electron chi connectivity index (χ0n) is 7.35. The average Bonchev–Trinajstić information content (AvgIpc) is 2.00. The second-order valence-corrected chi connectivity index (χ2v) is 2.55. The van der Waals surface area contributed by atoms with Crippen LogP contribution < -0.4 is 0 Å². The predicted molar refractivity (Wildman–Crippen MR) is 45.8 cm³/mol. The molecule has 0 aromatic heterocycles. The van der Waals surface area contributed by atoms with Gasteiger partial charge in [-0.2, -0.15) is 13.8 Å². The molecule has 12 heavy (non-hydrogen) atoms. The largest absolute Gasteiger partial charge is 2.00 e. The third-order valence-corrected chi connectivity index (χ3v) is 1.65. The number of hydrogen-bond donors (Lipinski definition) is 2. The Morgan fingerprint density at radius 2 is 2.08 bits per heavy atom. The van der Waals surface area contributed by atoms with Crippen molar-refractivity contribution < 1.29 is 28.8 Å². The minimum Gasteiger partial charge on any atom is -0.428 e. The summed E-state index contributed by atoms with van der Waals surface area (Å²) in [7, 11) is 5.30. The Hall–Kier alpha value is 0.569. The van der Waals surface area contributed by atoms with E-state index in [1.165, 1.54) is 12.7 Å². The molecule has 2 atom stereocenters. The maximum Gasteiger partial charge on any atom is 2.00 e. The fourth-order valence-electron chi connectivity index (χ4n) is 0.997. The van der Waals surface area contributed by atoms with Gasteiger partial charge in [0.1, 0.15) is 0 Å². The minimum absolute atomic E-state index is 0. The van der Waals surface area contributed by atoms with Gasteiger partial charge in [0.15, 0.2) is 0 Å². The fraction of sp³-hybridized carbons (Fsp3) is 0.750. The molecule has 2 nitrogen and oxygen atoms in total. The van der Waals surface area contributed by atoms with Gasteiger partial charge in [-0.25, -0.2) is 0 Å². The molecule has 2 N–H and O–H groups in total. The Bertz CT molecular complexity index is 93.1. The van der Waals surface area contributed by atoms with Crippen LogP contribution in [0.25, 0.3) is 0 Å². The summed E-state index contributed by atoms with van der Waals surface area (Å²) in [4.78, 5) is 0. The molecule has 4 heteroatoms. The molecule has 2 unspecified atom stereocenters. The Morgan fingerprint density at radius 3 is 2.42 bits per heavy atom. The summed E-state index contributed by atoms with van der Waals surface area (Å²) < 4.78 is 0. The maximum atomic E-state index is 9.31. The summed E-state index contributed by atoms with van der Waals surface area (Å²) in [5.74, 6) is -0.0212. The molecule has 0 rings (SSSR count). The van der Waals surface area contributed by atoms with Crippen molar-refractivity contribution in [1.82, 2.24) is 0 Å². The fourth-order valence-corrected chi connectivity index (χ4v) is 0.997. The van der Waals surface area contributed by atoms with Crippen LogP contribution in [0, 0.1) is 18.7 Å². The molecule has 0 spiro atoms. The molecule has 0 amide bonds. The number of aliphatic hydroxyl groups is 2. The monoisotopic (exact) mass is 205 g/mol. The van der Waals surface area contributed by atoms with Crippen molar-refractivity contribution in [3.8, 4) is 0 Å². The quantitative estimate of drug-likeness (QED) is 0.483. The Labute approximate surface area is 88.0 Å². The van der Waals surface area contributed by atoms with E-state index in [-0.39, 0.29) is 31.1 Å². The van der Waals surface area contributed by atoms with Crippen molar-refractivity contribution in [2.75, 3.05) is 6.61 Å². The van der Waals surface area contributed by atoms with E-state index in [1.807, 2.05) is 6.92 Å². The van der Waals surface area contributed by atoms with Crippen LogP contribution >= 0.6 is 0 Å². The molecule has 0 fully saturated rings. The van der Waals surface area contributed by atoms with Crippen LogP contribution in [-0.2, 0) is 18.6 Å². The molecule has 0 aliphatic heterocycles. The van der Waals surface area contributed by atoms with Gasteiger partial charge in [0.2, 0.25) is 0 Å². The topological polar surface area (TPSA) is 40.5 Å². The van der Waals surface area contributed by atoms with E-state index in [9.17, 15) is 5.11 Å². The van der Waals surface area contributed by atoms with E-state index in [0.717, 1.165) is 12.8 Å². The molecule has 0 saturated heterocycles. The summed E-state index contributed by atoms with van der Waals surface area (Å²) in [5, 5.41) is 17.8. The van der Waals surface area contributed by atoms with E-state index in [2.05, 4.69) is 0 Å². The van der Waals surface area contributed by atoms with Crippen LogP contribution in [0.1, 0.15) is 19.8 Å². The van der Waals surface area contributed by atoms with E-state index in [0.29, 0.717) is 0 Å². The number of rotatable bonds is 6. The molecule has 0 heterocycles. The second-order valence-electron chi connectivity index (χ2n) is 2.55. The average molecular weight is 205 g/mol. The number of hydrogen-bond acceptors (Lipinski definition) is 2. The van der Waals surface area contributed by atoms with Crippen molar-refractivity contribution in [3.05, 3.63) is 12.7 Å². The van der Waals surface area contributed by atoms with Gasteiger partial charge in [-0.15, -0.1) is 0 Å². The van der Waals surface area contributed by atoms with E-state index < -0.39 is 6.10 Å². The van der Waals surface area contributed by atoms with Gasteiger partial charge in [-0.1, -0.05) is 32.5 Å². The van der Waals surface area contributed by atoms with Gasteiger partial charge >= 0.3 is 18.6 Å².